The van der Waals surface area contributed by atoms with Gasteiger partial charge in [-0.05, 0) is 44.4 Å². The summed E-state index contributed by atoms with van der Waals surface area (Å²) in [4.78, 5) is 26.5. The summed E-state index contributed by atoms with van der Waals surface area (Å²) in [6, 6.07) is 7.98. The molecule has 1 saturated heterocycles. The molecule has 6 heteroatoms. The fourth-order valence-corrected chi connectivity index (χ4v) is 4.36. The highest BCUT2D eigenvalue weighted by Gasteiger charge is 2.23. The van der Waals surface area contributed by atoms with Crippen LogP contribution in [0.2, 0.25) is 5.02 Å². The van der Waals surface area contributed by atoms with Crippen LogP contribution in [0.3, 0.4) is 0 Å². The summed E-state index contributed by atoms with van der Waals surface area (Å²) in [5.41, 5.74) is 3.37. The van der Waals surface area contributed by atoms with Crippen LogP contribution in [0, 0.1) is 13.8 Å². The Kier molecular flexibility index (Phi) is 8.70. The van der Waals surface area contributed by atoms with E-state index in [1.165, 1.54) is 18.4 Å². The average molecular weight is 443 g/mol. The van der Waals surface area contributed by atoms with Crippen molar-refractivity contribution in [2.45, 2.75) is 65.7 Å². The molecule has 0 N–H and O–H groups in total. The monoisotopic (exact) mass is 442 g/mol. The number of hydrogen-bond acceptors (Lipinski definition) is 4. The van der Waals surface area contributed by atoms with Crippen LogP contribution in [-0.2, 0) is 11.2 Å². The Labute approximate surface area is 191 Å². The zero-order valence-corrected chi connectivity index (χ0v) is 19.9. The van der Waals surface area contributed by atoms with Crippen LogP contribution in [0.15, 0.2) is 24.3 Å². The van der Waals surface area contributed by atoms with E-state index in [0.717, 1.165) is 79.8 Å². The first-order valence-corrected chi connectivity index (χ1v) is 12.0. The van der Waals surface area contributed by atoms with Crippen LogP contribution in [-0.4, -0.2) is 47.0 Å². The third kappa shape index (κ3) is 6.67. The van der Waals surface area contributed by atoms with Crippen LogP contribution >= 0.6 is 11.6 Å². The lowest BCUT2D eigenvalue weighted by atomic mass is 10.0. The van der Waals surface area contributed by atoms with Gasteiger partial charge >= 0.3 is 0 Å². The molecular weight excluding hydrogens is 408 g/mol. The van der Waals surface area contributed by atoms with Crippen molar-refractivity contribution in [3.8, 4) is 0 Å². The average Bonchev–Trinajstić information content (AvgIpc) is 3.00. The summed E-state index contributed by atoms with van der Waals surface area (Å²) in [5, 5.41) is 0.743. The highest BCUT2D eigenvalue weighted by molar-refractivity contribution is 6.30. The number of carbonyl (C=O) groups is 1. The molecule has 1 aromatic carbocycles. The number of anilines is 1. The number of carbonyl (C=O) groups excluding carboxylic acids is 1. The van der Waals surface area contributed by atoms with Gasteiger partial charge in [0.2, 0.25) is 5.91 Å². The van der Waals surface area contributed by atoms with Crippen molar-refractivity contribution in [3.05, 3.63) is 51.9 Å². The van der Waals surface area contributed by atoms with E-state index in [-0.39, 0.29) is 0 Å². The Hall–Kier alpha value is -2.14. The fourth-order valence-electron chi connectivity index (χ4n) is 4.23. The maximum Gasteiger partial charge on any atom is 0.222 e. The molecule has 0 unspecified atom stereocenters. The molecule has 0 radical (unpaired) electrons. The van der Waals surface area contributed by atoms with Gasteiger partial charge in [0.05, 0.1) is 0 Å². The summed E-state index contributed by atoms with van der Waals surface area (Å²) < 4.78 is 0. The summed E-state index contributed by atoms with van der Waals surface area (Å²) in [5.74, 6) is 2.10. The van der Waals surface area contributed by atoms with Gasteiger partial charge in [-0.15, -0.1) is 0 Å². The molecule has 1 aromatic heterocycles. The number of unbranched alkanes of at least 4 members (excludes halogenated alkanes) is 3. The first kappa shape index (κ1) is 23.5. The van der Waals surface area contributed by atoms with Crippen molar-refractivity contribution in [1.82, 2.24) is 14.9 Å². The maximum atomic E-state index is 12.7. The van der Waals surface area contributed by atoms with E-state index in [9.17, 15) is 4.79 Å². The Balaban J connectivity index is 1.71. The van der Waals surface area contributed by atoms with E-state index < -0.39 is 0 Å². The van der Waals surface area contributed by atoms with Crippen molar-refractivity contribution < 1.29 is 4.79 Å². The first-order valence-electron chi connectivity index (χ1n) is 11.6. The van der Waals surface area contributed by atoms with Crippen molar-refractivity contribution in [3.63, 3.8) is 0 Å². The minimum absolute atomic E-state index is 0.300. The van der Waals surface area contributed by atoms with E-state index in [4.69, 9.17) is 16.6 Å². The standard InChI is InChI=1S/C25H35ClN4O/c1-4-5-6-7-9-24(31)29-14-8-15-30(17-16-29)25-23(19(2)27-20(3)28-25)18-21-10-12-22(26)13-11-21/h10-13H,4-9,14-18H2,1-3H3. The van der Waals surface area contributed by atoms with Crippen LogP contribution in [0.25, 0.3) is 0 Å². The van der Waals surface area contributed by atoms with Gasteiger partial charge in [0, 0.05) is 55.3 Å². The molecule has 2 heterocycles. The number of amides is 1. The summed E-state index contributed by atoms with van der Waals surface area (Å²) in [6.45, 7) is 9.52. The van der Waals surface area contributed by atoms with Crippen molar-refractivity contribution in [2.75, 3.05) is 31.1 Å². The predicted molar refractivity (Wildman–Crippen MR) is 128 cm³/mol. The number of aryl methyl sites for hydroxylation is 2. The molecule has 3 rings (SSSR count). The van der Waals surface area contributed by atoms with E-state index in [0.29, 0.717) is 12.3 Å². The molecule has 1 amide bonds. The molecule has 0 aliphatic carbocycles. The lowest BCUT2D eigenvalue weighted by Gasteiger charge is -2.26. The topological polar surface area (TPSA) is 49.3 Å². The molecular formula is C25H35ClN4O. The third-order valence-corrected chi connectivity index (χ3v) is 6.24. The zero-order valence-electron chi connectivity index (χ0n) is 19.2. The van der Waals surface area contributed by atoms with E-state index in [1.54, 1.807) is 0 Å². The second kappa shape index (κ2) is 11.5. The predicted octanol–water partition coefficient (Wildman–Crippen LogP) is 5.35. The van der Waals surface area contributed by atoms with Crippen LogP contribution in [0.1, 0.15) is 68.1 Å². The van der Waals surface area contributed by atoms with Crippen molar-refractivity contribution >= 4 is 23.3 Å². The lowest BCUT2D eigenvalue weighted by molar-refractivity contribution is -0.131. The Bertz CT molecular complexity index is 869. The molecule has 0 saturated carbocycles. The van der Waals surface area contributed by atoms with Gasteiger partial charge in [0.25, 0.3) is 0 Å². The van der Waals surface area contributed by atoms with Gasteiger partial charge in [-0.1, -0.05) is 49.9 Å². The maximum absolute atomic E-state index is 12.7. The number of benzene rings is 1. The first-order chi connectivity index (χ1) is 15.0. The van der Waals surface area contributed by atoms with Crippen LogP contribution in [0.5, 0.6) is 0 Å². The number of halogens is 1. The quantitative estimate of drug-likeness (QED) is 0.517. The number of hydrogen-bond donors (Lipinski definition) is 0. The molecule has 168 valence electrons. The van der Waals surface area contributed by atoms with E-state index >= 15 is 0 Å². The molecule has 0 bridgehead atoms. The number of nitrogens with zero attached hydrogens (tertiary/aromatic N) is 4. The molecule has 0 atom stereocenters. The Morgan fingerprint density at radius 1 is 1.00 bits per heavy atom. The number of aromatic nitrogens is 2. The van der Waals surface area contributed by atoms with E-state index in [2.05, 4.69) is 35.9 Å². The van der Waals surface area contributed by atoms with Gasteiger partial charge in [0.15, 0.2) is 0 Å². The minimum Gasteiger partial charge on any atom is -0.354 e. The van der Waals surface area contributed by atoms with Gasteiger partial charge < -0.3 is 9.80 Å². The fraction of sp³-hybridized carbons (Fsp3) is 0.560. The Morgan fingerprint density at radius 2 is 1.77 bits per heavy atom. The van der Waals surface area contributed by atoms with Crippen molar-refractivity contribution in [1.29, 1.82) is 0 Å². The normalized spacial score (nSPS) is 14.6. The highest BCUT2D eigenvalue weighted by Crippen LogP contribution is 2.26. The molecule has 1 aliphatic heterocycles. The molecule has 1 aliphatic rings. The number of rotatable bonds is 8. The minimum atomic E-state index is 0.300. The van der Waals surface area contributed by atoms with Crippen LogP contribution < -0.4 is 4.90 Å². The lowest BCUT2D eigenvalue weighted by Crippen LogP contribution is -2.35. The second-order valence-corrected chi connectivity index (χ2v) is 8.93. The van der Waals surface area contributed by atoms with Gasteiger partial charge in [-0.25, -0.2) is 9.97 Å². The van der Waals surface area contributed by atoms with Crippen molar-refractivity contribution in [2.24, 2.45) is 0 Å². The molecule has 2 aromatic rings. The van der Waals surface area contributed by atoms with E-state index in [1.807, 2.05) is 24.0 Å². The zero-order chi connectivity index (χ0) is 22.2. The SMILES string of the molecule is CCCCCCC(=O)N1CCCN(c2nc(C)nc(C)c2Cc2ccc(Cl)cc2)CC1. The largest absolute Gasteiger partial charge is 0.354 e. The summed E-state index contributed by atoms with van der Waals surface area (Å²) in [6.07, 6.45) is 6.97. The summed E-state index contributed by atoms with van der Waals surface area (Å²) in [7, 11) is 0. The van der Waals surface area contributed by atoms with Gasteiger partial charge in [-0.2, -0.15) is 0 Å². The van der Waals surface area contributed by atoms with Gasteiger partial charge in [-0.3, -0.25) is 4.79 Å². The van der Waals surface area contributed by atoms with Gasteiger partial charge in [0.1, 0.15) is 11.6 Å². The third-order valence-electron chi connectivity index (χ3n) is 5.99. The molecule has 0 spiro atoms. The summed E-state index contributed by atoms with van der Waals surface area (Å²) >= 11 is 6.06. The second-order valence-electron chi connectivity index (χ2n) is 8.49. The highest BCUT2D eigenvalue weighted by atomic mass is 35.5. The van der Waals surface area contributed by atoms with Crippen LogP contribution in [0.4, 0.5) is 5.82 Å². The smallest absolute Gasteiger partial charge is 0.222 e. The molecule has 5 nitrogen and oxygen atoms in total. The molecule has 1 fully saturated rings. The Morgan fingerprint density at radius 3 is 2.52 bits per heavy atom. The molecule has 31 heavy (non-hydrogen) atoms.